The molecule has 1 unspecified atom stereocenters. The van der Waals surface area contributed by atoms with Crippen molar-refractivity contribution >= 4 is 10.8 Å². The monoisotopic (exact) mass is 228 g/mol. The molecule has 90 valence electrons. The van der Waals surface area contributed by atoms with Crippen molar-refractivity contribution in [1.29, 1.82) is 0 Å². The van der Waals surface area contributed by atoms with E-state index in [1.165, 1.54) is 10.8 Å². The molecule has 2 rings (SSSR count). The lowest BCUT2D eigenvalue weighted by Gasteiger charge is -2.27. The number of pyridine rings is 1. The normalized spacial score (nSPS) is 13.9. The molecule has 0 aliphatic rings. The standard InChI is InChI=1S/C15H20N2/c1-15(2,3)14(16)10-13-12-7-5-4-6-11(12)8-9-17-13/h4-9,14H,10,16H2,1-3H3. The van der Waals surface area contributed by atoms with Crippen LogP contribution in [0.25, 0.3) is 10.8 Å². The average Bonchev–Trinajstić information content (AvgIpc) is 2.28. The highest BCUT2D eigenvalue weighted by Crippen LogP contribution is 2.23. The van der Waals surface area contributed by atoms with E-state index in [1.54, 1.807) is 0 Å². The third-order valence-electron chi connectivity index (χ3n) is 3.28. The lowest BCUT2D eigenvalue weighted by atomic mass is 9.84. The van der Waals surface area contributed by atoms with Gasteiger partial charge in [0.25, 0.3) is 0 Å². The SMILES string of the molecule is CC(C)(C)C(N)Cc1nccc2ccccc12. The van der Waals surface area contributed by atoms with Gasteiger partial charge in [-0.2, -0.15) is 0 Å². The second-order valence-corrected chi connectivity index (χ2v) is 5.66. The summed E-state index contributed by atoms with van der Waals surface area (Å²) in [6, 6.07) is 10.5. The molecule has 1 atom stereocenters. The summed E-state index contributed by atoms with van der Waals surface area (Å²) in [5.74, 6) is 0. The fourth-order valence-electron chi connectivity index (χ4n) is 1.86. The Bertz CT molecular complexity index is 506. The molecule has 0 aliphatic carbocycles. The number of nitrogens with zero attached hydrogens (tertiary/aromatic N) is 1. The maximum atomic E-state index is 6.23. The van der Waals surface area contributed by atoms with Crippen molar-refractivity contribution in [3.05, 3.63) is 42.2 Å². The molecule has 1 heterocycles. The Morgan fingerprint density at radius 2 is 1.88 bits per heavy atom. The maximum Gasteiger partial charge on any atom is 0.0497 e. The van der Waals surface area contributed by atoms with Gasteiger partial charge < -0.3 is 5.73 Å². The fraction of sp³-hybridized carbons (Fsp3) is 0.400. The molecule has 0 amide bonds. The number of nitrogens with two attached hydrogens (primary N) is 1. The van der Waals surface area contributed by atoms with Gasteiger partial charge in [0.1, 0.15) is 0 Å². The van der Waals surface area contributed by atoms with Crippen molar-refractivity contribution < 1.29 is 0 Å². The van der Waals surface area contributed by atoms with E-state index < -0.39 is 0 Å². The number of hydrogen-bond donors (Lipinski definition) is 1. The van der Waals surface area contributed by atoms with Crippen molar-refractivity contribution in [2.45, 2.75) is 33.2 Å². The van der Waals surface area contributed by atoms with Crippen LogP contribution in [-0.4, -0.2) is 11.0 Å². The summed E-state index contributed by atoms with van der Waals surface area (Å²) in [5.41, 5.74) is 7.45. The summed E-state index contributed by atoms with van der Waals surface area (Å²) in [6.07, 6.45) is 2.69. The summed E-state index contributed by atoms with van der Waals surface area (Å²) in [7, 11) is 0. The lowest BCUT2D eigenvalue weighted by Crippen LogP contribution is -2.37. The van der Waals surface area contributed by atoms with Crippen LogP contribution >= 0.6 is 0 Å². The first kappa shape index (κ1) is 12.1. The molecule has 0 spiro atoms. The Labute approximate surface area is 103 Å². The van der Waals surface area contributed by atoms with Crippen LogP contribution in [0.4, 0.5) is 0 Å². The van der Waals surface area contributed by atoms with Gasteiger partial charge >= 0.3 is 0 Å². The Morgan fingerprint density at radius 1 is 1.18 bits per heavy atom. The number of rotatable bonds is 2. The second-order valence-electron chi connectivity index (χ2n) is 5.66. The first-order chi connectivity index (χ1) is 7.98. The highest BCUT2D eigenvalue weighted by molar-refractivity contribution is 5.84. The highest BCUT2D eigenvalue weighted by Gasteiger charge is 2.21. The molecule has 2 nitrogen and oxygen atoms in total. The summed E-state index contributed by atoms with van der Waals surface area (Å²) >= 11 is 0. The van der Waals surface area contributed by atoms with Crippen LogP contribution in [0.3, 0.4) is 0 Å². The number of fused-ring (bicyclic) bond motifs is 1. The fourth-order valence-corrected chi connectivity index (χ4v) is 1.86. The first-order valence-corrected chi connectivity index (χ1v) is 6.06. The van der Waals surface area contributed by atoms with Gasteiger partial charge in [-0.1, -0.05) is 45.0 Å². The third-order valence-corrected chi connectivity index (χ3v) is 3.28. The van der Waals surface area contributed by atoms with E-state index in [2.05, 4.69) is 50.0 Å². The highest BCUT2D eigenvalue weighted by atomic mass is 14.7. The summed E-state index contributed by atoms with van der Waals surface area (Å²) < 4.78 is 0. The zero-order chi connectivity index (χ0) is 12.5. The summed E-state index contributed by atoms with van der Waals surface area (Å²) in [4.78, 5) is 4.48. The molecule has 1 aromatic heterocycles. The van der Waals surface area contributed by atoms with E-state index in [9.17, 15) is 0 Å². The number of aromatic nitrogens is 1. The minimum Gasteiger partial charge on any atom is -0.327 e. The van der Waals surface area contributed by atoms with Crippen LogP contribution in [-0.2, 0) is 6.42 Å². The van der Waals surface area contributed by atoms with Crippen LogP contribution < -0.4 is 5.73 Å². The third kappa shape index (κ3) is 2.64. The van der Waals surface area contributed by atoms with Crippen molar-refractivity contribution in [2.75, 3.05) is 0 Å². The quantitative estimate of drug-likeness (QED) is 0.857. The van der Waals surface area contributed by atoms with E-state index in [4.69, 9.17) is 5.73 Å². The molecule has 0 saturated carbocycles. The van der Waals surface area contributed by atoms with Crippen molar-refractivity contribution in [3.63, 3.8) is 0 Å². The molecule has 0 fully saturated rings. The van der Waals surface area contributed by atoms with Crippen molar-refractivity contribution in [2.24, 2.45) is 11.1 Å². The van der Waals surface area contributed by atoms with Gasteiger partial charge in [0, 0.05) is 29.7 Å². The molecular formula is C15H20N2. The number of hydrogen-bond acceptors (Lipinski definition) is 2. The molecule has 2 heteroatoms. The maximum absolute atomic E-state index is 6.23. The molecule has 17 heavy (non-hydrogen) atoms. The number of benzene rings is 1. The lowest BCUT2D eigenvalue weighted by molar-refractivity contribution is 0.317. The van der Waals surface area contributed by atoms with E-state index >= 15 is 0 Å². The van der Waals surface area contributed by atoms with Crippen LogP contribution in [0.5, 0.6) is 0 Å². The van der Waals surface area contributed by atoms with Crippen LogP contribution in [0.2, 0.25) is 0 Å². The van der Waals surface area contributed by atoms with Gasteiger partial charge in [0.15, 0.2) is 0 Å². The molecule has 2 N–H and O–H groups in total. The van der Waals surface area contributed by atoms with E-state index in [-0.39, 0.29) is 11.5 Å². The van der Waals surface area contributed by atoms with Crippen LogP contribution in [0.15, 0.2) is 36.5 Å². The van der Waals surface area contributed by atoms with Gasteiger partial charge in [-0.05, 0) is 16.9 Å². The van der Waals surface area contributed by atoms with E-state index in [1.807, 2.05) is 12.3 Å². The molecular weight excluding hydrogens is 208 g/mol. The topological polar surface area (TPSA) is 38.9 Å². The van der Waals surface area contributed by atoms with E-state index in [0.29, 0.717) is 0 Å². The Hall–Kier alpha value is -1.41. The average molecular weight is 228 g/mol. The van der Waals surface area contributed by atoms with Gasteiger partial charge in [-0.25, -0.2) is 0 Å². The predicted molar refractivity (Wildman–Crippen MR) is 72.9 cm³/mol. The van der Waals surface area contributed by atoms with Crippen LogP contribution in [0.1, 0.15) is 26.5 Å². The minimum atomic E-state index is 0.110. The molecule has 2 aromatic rings. The smallest absolute Gasteiger partial charge is 0.0497 e. The molecule has 0 aliphatic heterocycles. The van der Waals surface area contributed by atoms with Crippen LogP contribution in [0, 0.1) is 5.41 Å². The van der Waals surface area contributed by atoms with Crippen molar-refractivity contribution in [3.8, 4) is 0 Å². The second kappa shape index (κ2) is 4.46. The first-order valence-electron chi connectivity index (χ1n) is 6.06. The molecule has 0 bridgehead atoms. The predicted octanol–water partition coefficient (Wildman–Crippen LogP) is 3.15. The van der Waals surface area contributed by atoms with Gasteiger partial charge in [0.05, 0.1) is 0 Å². The van der Waals surface area contributed by atoms with Gasteiger partial charge in [-0.3, -0.25) is 4.98 Å². The Kier molecular flexibility index (Phi) is 3.16. The largest absolute Gasteiger partial charge is 0.327 e. The Balaban J connectivity index is 2.36. The molecule has 0 radical (unpaired) electrons. The zero-order valence-electron chi connectivity index (χ0n) is 10.8. The van der Waals surface area contributed by atoms with Gasteiger partial charge in [0.2, 0.25) is 0 Å². The van der Waals surface area contributed by atoms with Gasteiger partial charge in [-0.15, -0.1) is 0 Å². The molecule has 0 saturated heterocycles. The molecule has 1 aromatic carbocycles. The zero-order valence-corrected chi connectivity index (χ0v) is 10.8. The minimum absolute atomic E-state index is 0.110. The Morgan fingerprint density at radius 3 is 2.59 bits per heavy atom. The summed E-state index contributed by atoms with van der Waals surface area (Å²) in [5, 5.41) is 2.45. The summed E-state index contributed by atoms with van der Waals surface area (Å²) in [6.45, 7) is 6.51. The van der Waals surface area contributed by atoms with E-state index in [0.717, 1.165) is 12.1 Å². The van der Waals surface area contributed by atoms with Crippen molar-refractivity contribution in [1.82, 2.24) is 4.98 Å².